The van der Waals surface area contributed by atoms with Gasteiger partial charge in [0.15, 0.2) is 0 Å². The van der Waals surface area contributed by atoms with Crippen molar-refractivity contribution in [2.75, 3.05) is 11.9 Å². The normalized spacial score (nSPS) is 19.4. The molecule has 1 heterocycles. The number of ether oxygens (including phenoxy) is 1. The molecule has 1 aromatic carbocycles. The third-order valence-corrected chi connectivity index (χ3v) is 3.94. The number of aryl methyl sites for hydroxylation is 1. The minimum absolute atomic E-state index is 0.107. The lowest BCUT2D eigenvalue weighted by Gasteiger charge is -2.18. The second kappa shape index (κ2) is 5.01. The molecule has 0 aromatic heterocycles. The van der Waals surface area contributed by atoms with E-state index in [1.54, 1.807) is 0 Å². The molecule has 18 heavy (non-hydrogen) atoms. The molecule has 1 aliphatic heterocycles. The molecule has 1 fully saturated rings. The zero-order valence-corrected chi connectivity index (χ0v) is 10.6. The second-order valence-electron chi connectivity index (χ2n) is 5.33. The number of rotatable bonds is 3. The molecule has 3 heteroatoms. The molecule has 0 spiro atoms. The first kappa shape index (κ1) is 11.6. The van der Waals surface area contributed by atoms with E-state index >= 15 is 0 Å². The topological polar surface area (TPSA) is 38.3 Å². The van der Waals surface area contributed by atoms with Crippen LogP contribution in [0.4, 0.5) is 5.69 Å². The van der Waals surface area contributed by atoms with Gasteiger partial charge in [0.05, 0.1) is 6.61 Å². The molecular formula is C15H19NO2. The number of nitrogens with one attached hydrogen (secondary N) is 1. The Kier molecular flexibility index (Phi) is 3.22. The summed E-state index contributed by atoms with van der Waals surface area (Å²) in [6.07, 6.45) is 6.70. The minimum Gasteiger partial charge on any atom is -0.493 e. The van der Waals surface area contributed by atoms with Gasteiger partial charge >= 0.3 is 0 Å². The van der Waals surface area contributed by atoms with Gasteiger partial charge < -0.3 is 10.1 Å². The summed E-state index contributed by atoms with van der Waals surface area (Å²) in [7, 11) is 0. The van der Waals surface area contributed by atoms with Crippen LogP contribution in [0, 0.1) is 5.92 Å². The second-order valence-corrected chi connectivity index (χ2v) is 5.33. The average molecular weight is 245 g/mol. The standard InChI is InChI=1S/C15H19NO2/c17-15-8-6-12-5-7-13(9-14(12)16-15)18-10-11-3-1-2-4-11/h5,7,9,11H,1-4,6,8,10H2,(H,16,17). The Morgan fingerprint density at radius 1 is 1.22 bits per heavy atom. The van der Waals surface area contributed by atoms with Crippen molar-refractivity contribution < 1.29 is 9.53 Å². The van der Waals surface area contributed by atoms with Gasteiger partial charge in [-0.2, -0.15) is 0 Å². The van der Waals surface area contributed by atoms with Gasteiger partial charge in [0.1, 0.15) is 5.75 Å². The predicted octanol–water partition coefficient (Wildman–Crippen LogP) is 3.14. The lowest BCUT2D eigenvalue weighted by molar-refractivity contribution is -0.116. The molecule has 1 saturated carbocycles. The molecule has 0 bridgehead atoms. The van der Waals surface area contributed by atoms with Crippen molar-refractivity contribution in [2.45, 2.75) is 38.5 Å². The van der Waals surface area contributed by atoms with E-state index in [1.807, 2.05) is 12.1 Å². The molecule has 96 valence electrons. The van der Waals surface area contributed by atoms with Gasteiger partial charge in [-0.25, -0.2) is 0 Å². The van der Waals surface area contributed by atoms with Crippen LogP contribution in [-0.2, 0) is 11.2 Å². The van der Waals surface area contributed by atoms with Gasteiger partial charge in [0.25, 0.3) is 0 Å². The van der Waals surface area contributed by atoms with Gasteiger partial charge in [-0.3, -0.25) is 4.79 Å². The monoisotopic (exact) mass is 245 g/mol. The zero-order valence-electron chi connectivity index (χ0n) is 10.6. The van der Waals surface area contributed by atoms with E-state index in [2.05, 4.69) is 11.4 Å². The summed E-state index contributed by atoms with van der Waals surface area (Å²) >= 11 is 0. The summed E-state index contributed by atoms with van der Waals surface area (Å²) in [5.41, 5.74) is 2.14. The highest BCUT2D eigenvalue weighted by molar-refractivity contribution is 5.94. The molecule has 0 saturated heterocycles. The van der Waals surface area contributed by atoms with Crippen LogP contribution in [-0.4, -0.2) is 12.5 Å². The van der Waals surface area contributed by atoms with Gasteiger partial charge in [-0.1, -0.05) is 18.9 Å². The summed E-state index contributed by atoms with van der Waals surface area (Å²) < 4.78 is 5.84. The van der Waals surface area contributed by atoms with E-state index < -0.39 is 0 Å². The van der Waals surface area contributed by atoms with Crippen LogP contribution in [0.25, 0.3) is 0 Å². The number of amides is 1. The predicted molar refractivity (Wildman–Crippen MR) is 70.8 cm³/mol. The average Bonchev–Trinajstić information content (AvgIpc) is 2.89. The number of benzene rings is 1. The Morgan fingerprint density at radius 2 is 2.06 bits per heavy atom. The van der Waals surface area contributed by atoms with E-state index in [0.717, 1.165) is 30.4 Å². The van der Waals surface area contributed by atoms with Crippen LogP contribution < -0.4 is 10.1 Å². The quantitative estimate of drug-likeness (QED) is 0.888. The minimum atomic E-state index is 0.107. The van der Waals surface area contributed by atoms with Crippen molar-refractivity contribution in [1.82, 2.24) is 0 Å². The van der Waals surface area contributed by atoms with Crippen LogP contribution in [0.2, 0.25) is 0 Å². The van der Waals surface area contributed by atoms with Crippen molar-refractivity contribution in [1.29, 1.82) is 0 Å². The SMILES string of the molecule is O=C1CCc2ccc(OCC3CCCC3)cc2N1. The fraction of sp³-hybridized carbons (Fsp3) is 0.533. The van der Waals surface area contributed by atoms with Crippen LogP contribution >= 0.6 is 0 Å². The molecule has 3 nitrogen and oxygen atoms in total. The number of hydrogen-bond donors (Lipinski definition) is 1. The molecule has 1 aliphatic carbocycles. The molecule has 0 atom stereocenters. The van der Waals surface area contributed by atoms with Crippen molar-refractivity contribution in [3.8, 4) is 5.75 Å². The maximum Gasteiger partial charge on any atom is 0.224 e. The maximum atomic E-state index is 11.4. The van der Waals surface area contributed by atoms with Crippen molar-refractivity contribution >= 4 is 11.6 Å². The van der Waals surface area contributed by atoms with Crippen molar-refractivity contribution in [3.05, 3.63) is 23.8 Å². The van der Waals surface area contributed by atoms with Crippen LogP contribution in [0.15, 0.2) is 18.2 Å². The maximum absolute atomic E-state index is 11.4. The van der Waals surface area contributed by atoms with Crippen LogP contribution in [0.5, 0.6) is 5.75 Å². The van der Waals surface area contributed by atoms with Crippen molar-refractivity contribution in [2.24, 2.45) is 5.92 Å². The largest absolute Gasteiger partial charge is 0.493 e. The molecule has 0 unspecified atom stereocenters. The number of hydrogen-bond acceptors (Lipinski definition) is 2. The molecule has 3 rings (SSSR count). The molecular weight excluding hydrogens is 226 g/mol. The summed E-state index contributed by atoms with van der Waals surface area (Å²) in [6, 6.07) is 6.05. The highest BCUT2D eigenvalue weighted by atomic mass is 16.5. The van der Waals surface area contributed by atoms with Gasteiger partial charge in [0, 0.05) is 18.2 Å². The lowest BCUT2D eigenvalue weighted by atomic mass is 10.0. The first-order valence-corrected chi connectivity index (χ1v) is 6.87. The summed E-state index contributed by atoms with van der Waals surface area (Å²) in [5, 5.41) is 2.91. The number of fused-ring (bicyclic) bond motifs is 1. The number of anilines is 1. The van der Waals surface area contributed by atoms with E-state index in [4.69, 9.17) is 4.74 Å². The fourth-order valence-corrected chi connectivity index (χ4v) is 2.83. The summed E-state index contributed by atoms with van der Waals surface area (Å²) in [4.78, 5) is 11.4. The Morgan fingerprint density at radius 3 is 2.89 bits per heavy atom. The van der Waals surface area contributed by atoms with Gasteiger partial charge in [-0.05, 0) is 36.8 Å². The number of carbonyl (C=O) groups excluding carboxylic acids is 1. The van der Waals surface area contributed by atoms with E-state index in [-0.39, 0.29) is 5.91 Å². The van der Waals surface area contributed by atoms with E-state index in [9.17, 15) is 4.79 Å². The van der Waals surface area contributed by atoms with E-state index in [1.165, 1.54) is 31.2 Å². The van der Waals surface area contributed by atoms with Gasteiger partial charge in [-0.15, -0.1) is 0 Å². The highest BCUT2D eigenvalue weighted by Gasteiger charge is 2.17. The molecule has 1 amide bonds. The molecule has 1 aromatic rings. The summed E-state index contributed by atoms with van der Waals surface area (Å²) in [6.45, 7) is 0.812. The van der Waals surface area contributed by atoms with Crippen LogP contribution in [0.3, 0.4) is 0 Å². The Hall–Kier alpha value is -1.51. The first-order chi connectivity index (χ1) is 8.81. The Labute approximate surface area is 108 Å². The Bertz CT molecular complexity index is 450. The Balaban J connectivity index is 1.65. The molecule has 1 N–H and O–H groups in total. The lowest BCUT2D eigenvalue weighted by Crippen LogP contribution is -2.19. The third kappa shape index (κ3) is 2.50. The van der Waals surface area contributed by atoms with Gasteiger partial charge in [0.2, 0.25) is 5.91 Å². The van der Waals surface area contributed by atoms with Crippen LogP contribution in [0.1, 0.15) is 37.7 Å². The molecule has 2 aliphatic rings. The number of carbonyl (C=O) groups is 1. The highest BCUT2D eigenvalue weighted by Crippen LogP contribution is 2.29. The molecule has 0 radical (unpaired) electrons. The fourth-order valence-electron chi connectivity index (χ4n) is 2.83. The van der Waals surface area contributed by atoms with Crippen molar-refractivity contribution in [3.63, 3.8) is 0 Å². The van der Waals surface area contributed by atoms with E-state index in [0.29, 0.717) is 6.42 Å². The zero-order chi connectivity index (χ0) is 12.4. The first-order valence-electron chi connectivity index (χ1n) is 6.87. The summed E-state index contributed by atoms with van der Waals surface area (Å²) in [5.74, 6) is 1.70. The third-order valence-electron chi connectivity index (χ3n) is 3.94. The smallest absolute Gasteiger partial charge is 0.224 e.